The fraction of sp³-hybridized carbons (Fsp3) is 0.136. The van der Waals surface area contributed by atoms with Crippen LogP contribution in [0.2, 0.25) is 5.02 Å². The SMILES string of the molecule is Cc1ccc(C)c(-n2c(SCC(=O)Nc3cc(F)ccc3Cl)nc3ccsc3c2=O)c1. The topological polar surface area (TPSA) is 64.0 Å². The van der Waals surface area contributed by atoms with E-state index in [9.17, 15) is 14.0 Å². The Morgan fingerprint density at radius 1 is 1.23 bits per heavy atom. The van der Waals surface area contributed by atoms with E-state index >= 15 is 0 Å². The van der Waals surface area contributed by atoms with Crippen molar-refractivity contribution < 1.29 is 9.18 Å². The summed E-state index contributed by atoms with van der Waals surface area (Å²) in [5.74, 6) is -0.912. The summed E-state index contributed by atoms with van der Waals surface area (Å²) in [6, 6.07) is 11.4. The molecule has 0 aliphatic heterocycles. The van der Waals surface area contributed by atoms with E-state index in [0.29, 0.717) is 15.4 Å². The summed E-state index contributed by atoms with van der Waals surface area (Å²) in [7, 11) is 0. The molecule has 0 radical (unpaired) electrons. The number of amides is 1. The Hall–Kier alpha value is -2.68. The number of halogens is 2. The molecule has 0 unspecified atom stereocenters. The molecule has 0 spiro atoms. The molecule has 5 nitrogen and oxygen atoms in total. The number of hydrogen-bond donors (Lipinski definition) is 1. The zero-order valence-corrected chi connectivity index (χ0v) is 19.0. The summed E-state index contributed by atoms with van der Waals surface area (Å²) in [6.07, 6.45) is 0. The van der Waals surface area contributed by atoms with Crippen molar-refractivity contribution in [1.29, 1.82) is 0 Å². The number of hydrogen-bond acceptors (Lipinski definition) is 5. The Balaban J connectivity index is 1.68. The van der Waals surface area contributed by atoms with Crippen LogP contribution in [0.15, 0.2) is 57.8 Å². The maximum atomic E-state index is 13.5. The molecule has 2 aromatic heterocycles. The van der Waals surface area contributed by atoms with Crippen LogP contribution in [0.25, 0.3) is 15.9 Å². The van der Waals surface area contributed by atoms with Crippen LogP contribution in [-0.4, -0.2) is 21.2 Å². The molecule has 0 bridgehead atoms. The lowest BCUT2D eigenvalue weighted by atomic mass is 10.1. The second kappa shape index (κ2) is 8.82. The molecule has 4 aromatic rings. The summed E-state index contributed by atoms with van der Waals surface area (Å²) in [6.45, 7) is 3.88. The van der Waals surface area contributed by atoms with E-state index in [1.165, 1.54) is 23.5 Å². The molecule has 4 rings (SSSR count). The number of thioether (sulfide) groups is 1. The molecular weight excluding hydrogens is 457 g/mol. The largest absolute Gasteiger partial charge is 0.324 e. The zero-order chi connectivity index (χ0) is 22.1. The number of nitrogens with zero attached hydrogens (tertiary/aromatic N) is 2. The Kier molecular flexibility index (Phi) is 6.13. The molecule has 0 saturated carbocycles. The lowest BCUT2D eigenvalue weighted by Crippen LogP contribution is -2.23. The first kappa shape index (κ1) is 21.5. The van der Waals surface area contributed by atoms with Crippen molar-refractivity contribution in [2.45, 2.75) is 19.0 Å². The van der Waals surface area contributed by atoms with Crippen LogP contribution >= 0.6 is 34.7 Å². The van der Waals surface area contributed by atoms with Gasteiger partial charge in [-0.05, 0) is 60.7 Å². The van der Waals surface area contributed by atoms with E-state index < -0.39 is 5.82 Å². The fourth-order valence-electron chi connectivity index (χ4n) is 3.07. The van der Waals surface area contributed by atoms with Crippen molar-refractivity contribution in [2.24, 2.45) is 0 Å². The second-order valence-corrected chi connectivity index (χ2v) is 9.19. The van der Waals surface area contributed by atoms with E-state index in [2.05, 4.69) is 10.3 Å². The minimum atomic E-state index is -0.499. The number of carbonyl (C=O) groups excluding carboxylic acids is 1. The third-order valence-corrected chi connectivity index (χ3v) is 6.75. The first-order valence-electron chi connectivity index (χ1n) is 9.29. The number of anilines is 1. The molecule has 2 heterocycles. The number of thiophene rings is 1. The van der Waals surface area contributed by atoms with Gasteiger partial charge in [0.25, 0.3) is 5.56 Å². The highest BCUT2D eigenvalue weighted by Crippen LogP contribution is 2.27. The molecule has 0 saturated heterocycles. The number of aryl methyl sites for hydroxylation is 2. The van der Waals surface area contributed by atoms with E-state index in [-0.39, 0.29) is 27.9 Å². The van der Waals surface area contributed by atoms with Crippen molar-refractivity contribution >= 4 is 56.5 Å². The number of fused-ring (bicyclic) bond motifs is 1. The van der Waals surface area contributed by atoms with Crippen LogP contribution in [0, 0.1) is 19.7 Å². The maximum Gasteiger partial charge on any atom is 0.276 e. The number of carbonyl (C=O) groups is 1. The minimum absolute atomic E-state index is 0.0280. The Morgan fingerprint density at radius 3 is 2.84 bits per heavy atom. The monoisotopic (exact) mass is 473 g/mol. The van der Waals surface area contributed by atoms with Crippen molar-refractivity contribution in [2.75, 3.05) is 11.1 Å². The average molecular weight is 474 g/mol. The predicted octanol–water partition coefficient (Wildman–Crippen LogP) is 5.59. The lowest BCUT2D eigenvalue weighted by Gasteiger charge is -2.15. The van der Waals surface area contributed by atoms with Gasteiger partial charge >= 0.3 is 0 Å². The maximum absolute atomic E-state index is 13.5. The van der Waals surface area contributed by atoms with Gasteiger partial charge < -0.3 is 5.32 Å². The molecule has 2 aromatic carbocycles. The fourth-order valence-corrected chi connectivity index (χ4v) is 4.80. The van der Waals surface area contributed by atoms with Gasteiger partial charge in [-0.2, -0.15) is 0 Å². The average Bonchev–Trinajstić information content (AvgIpc) is 3.20. The van der Waals surface area contributed by atoms with Crippen LogP contribution in [0.1, 0.15) is 11.1 Å². The number of rotatable bonds is 5. The van der Waals surface area contributed by atoms with E-state index in [4.69, 9.17) is 11.6 Å². The zero-order valence-electron chi connectivity index (χ0n) is 16.6. The summed E-state index contributed by atoms with van der Waals surface area (Å²) in [4.78, 5) is 30.4. The van der Waals surface area contributed by atoms with Gasteiger partial charge in [0.15, 0.2) is 5.16 Å². The summed E-state index contributed by atoms with van der Waals surface area (Å²) in [5.41, 5.74) is 3.26. The van der Waals surface area contributed by atoms with Crippen LogP contribution < -0.4 is 10.9 Å². The van der Waals surface area contributed by atoms with Gasteiger partial charge in [0.05, 0.1) is 27.7 Å². The van der Waals surface area contributed by atoms with Gasteiger partial charge in [0.2, 0.25) is 5.91 Å². The molecule has 0 aliphatic carbocycles. The Labute approximate surface area is 190 Å². The van der Waals surface area contributed by atoms with E-state index in [1.807, 2.05) is 37.4 Å². The molecule has 31 heavy (non-hydrogen) atoms. The van der Waals surface area contributed by atoms with Crippen LogP contribution in [0.5, 0.6) is 0 Å². The van der Waals surface area contributed by atoms with Gasteiger partial charge in [-0.15, -0.1) is 11.3 Å². The van der Waals surface area contributed by atoms with Crippen LogP contribution in [0.3, 0.4) is 0 Å². The van der Waals surface area contributed by atoms with Gasteiger partial charge in [0, 0.05) is 0 Å². The number of benzene rings is 2. The molecule has 0 fully saturated rings. The highest BCUT2D eigenvalue weighted by Gasteiger charge is 2.17. The second-order valence-electron chi connectivity index (χ2n) is 6.92. The summed E-state index contributed by atoms with van der Waals surface area (Å²) >= 11 is 8.49. The number of nitrogens with one attached hydrogen (secondary N) is 1. The molecule has 158 valence electrons. The van der Waals surface area contributed by atoms with Crippen LogP contribution in [0.4, 0.5) is 10.1 Å². The Bertz CT molecular complexity index is 1370. The van der Waals surface area contributed by atoms with Gasteiger partial charge in [-0.1, -0.05) is 35.5 Å². The molecular formula is C22H17ClFN3O2S2. The minimum Gasteiger partial charge on any atom is -0.324 e. The van der Waals surface area contributed by atoms with Crippen molar-refractivity contribution in [1.82, 2.24) is 9.55 Å². The van der Waals surface area contributed by atoms with E-state index in [0.717, 1.165) is 34.6 Å². The quantitative estimate of drug-likeness (QED) is 0.303. The van der Waals surface area contributed by atoms with E-state index in [1.54, 1.807) is 10.6 Å². The smallest absolute Gasteiger partial charge is 0.276 e. The Morgan fingerprint density at radius 2 is 2.03 bits per heavy atom. The summed E-state index contributed by atoms with van der Waals surface area (Å²) in [5, 5.41) is 5.07. The van der Waals surface area contributed by atoms with Gasteiger partial charge in [0.1, 0.15) is 10.5 Å². The molecule has 0 aliphatic rings. The molecule has 1 N–H and O–H groups in total. The predicted molar refractivity (Wildman–Crippen MR) is 125 cm³/mol. The first-order valence-corrected chi connectivity index (χ1v) is 11.5. The van der Waals surface area contributed by atoms with Crippen LogP contribution in [-0.2, 0) is 4.79 Å². The van der Waals surface area contributed by atoms with Crippen molar-refractivity contribution in [3.05, 3.63) is 80.2 Å². The first-order chi connectivity index (χ1) is 14.8. The molecule has 0 atom stereocenters. The van der Waals surface area contributed by atoms with Crippen molar-refractivity contribution in [3.63, 3.8) is 0 Å². The molecule has 9 heteroatoms. The highest BCUT2D eigenvalue weighted by atomic mass is 35.5. The molecule has 1 amide bonds. The highest BCUT2D eigenvalue weighted by molar-refractivity contribution is 7.99. The number of aromatic nitrogens is 2. The van der Waals surface area contributed by atoms with Gasteiger partial charge in [-0.25, -0.2) is 9.37 Å². The third-order valence-electron chi connectivity index (χ3n) is 4.59. The normalized spacial score (nSPS) is 11.1. The standard InChI is InChI=1S/C22H17ClFN3O2S2/c1-12-3-4-13(2)18(9-12)27-21(29)20-16(7-8-30-20)26-22(27)31-11-19(28)25-17-10-14(24)5-6-15(17)23/h3-10H,11H2,1-2H3,(H,25,28). The van der Waals surface area contributed by atoms with Gasteiger partial charge in [-0.3, -0.25) is 14.2 Å². The summed E-state index contributed by atoms with van der Waals surface area (Å²) < 4.78 is 15.6. The van der Waals surface area contributed by atoms with Crippen molar-refractivity contribution in [3.8, 4) is 5.69 Å². The third kappa shape index (κ3) is 4.51. The lowest BCUT2D eigenvalue weighted by molar-refractivity contribution is -0.113.